The quantitative estimate of drug-likeness (QED) is 0.0953. The van der Waals surface area contributed by atoms with Gasteiger partial charge in [0.15, 0.2) is 0 Å². The molecular formula is C33H52N2O4. The van der Waals surface area contributed by atoms with Crippen LogP contribution in [0.1, 0.15) is 104 Å². The summed E-state index contributed by atoms with van der Waals surface area (Å²) in [4.78, 5) is 30.9. The summed E-state index contributed by atoms with van der Waals surface area (Å²) in [6.45, 7) is 6.46. The predicted octanol–water partition coefficient (Wildman–Crippen LogP) is 7.83. The Morgan fingerprint density at radius 2 is 1.51 bits per heavy atom. The summed E-state index contributed by atoms with van der Waals surface area (Å²) in [5, 5.41) is 0. The molecule has 0 radical (unpaired) electrons. The number of esters is 2. The van der Waals surface area contributed by atoms with Crippen LogP contribution in [0.25, 0.3) is 0 Å². The third-order valence-electron chi connectivity index (χ3n) is 7.23. The summed E-state index contributed by atoms with van der Waals surface area (Å²) in [6, 6.07) is 4.00. The fraction of sp³-hybridized carbons (Fsp3) is 0.667. The van der Waals surface area contributed by atoms with E-state index in [2.05, 4.69) is 41.1 Å². The lowest BCUT2D eigenvalue weighted by Gasteiger charge is -2.32. The first-order valence-corrected chi connectivity index (χ1v) is 15.4. The summed E-state index contributed by atoms with van der Waals surface area (Å²) in [7, 11) is 0. The van der Waals surface area contributed by atoms with Crippen LogP contribution in [0.5, 0.6) is 0 Å². The van der Waals surface area contributed by atoms with E-state index in [4.69, 9.17) is 9.47 Å². The molecule has 1 aromatic heterocycles. The number of anilines is 1. The van der Waals surface area contributed by atoms with Gasteiger partial charge in [-0.2, -0.15) is 0 Å². The zero-order valence-electron chi connectivity index (χ0n) is 24.5. The van der Waals surface area contributed by atoms with Crippen molar-refractivity contribution in [1.82, 2.24) is 4.98 Å². The first-order valence-electron chi connectivity index (χ1n) is 15.4. The van der Waals surface area contributed by atoms with Gasteiger partial charge in [0.05, 0.1) is 19.1 Å². The van der Waals surface area contributed by atoms with Gasteiger partial charge in [-0.05, 0) is 63.5 Å². The molecule has 6 heteroatoms. The van der Waals surface area contributed by atoms with Crippen LogP contribution in [0.2, 0.25) is 0 Å². The number of nitrogens with zero attached hydrogens (tertiary/aromatic N) is 2. The summed E-state index contributed by atoms with van der Waals surface area (Å²) >= 11 is 0. The van der Waals surface area contributed by atoms with E-state index in [9.17, 15) is 9.59 Å². The lowest BCUT2D eigenvalue weighted by molar-refractivity contribution is -0.152. The average molecular weight is 541 g/mol. The molecule has 1 aliphatic heterocycles. The van der Waals surface area contributed by atoms with Crippen LogP contribution < -0.4 is 4.90 Å². The topological polar surface area (TPSA) is 68.7 Å². The molecule has 0 spiro atoms. The summed E-state index contributed by atoms with van der Waals surface area (Å²) < 4.78 is 10.9. The lowest BCUT2D eigenvalue weighted by Crippen LogP contribution is -2.37. The van der Waals surface area contributed by atoms with Gasteiger partial charge in [-0.25, -0.2) is 0 Å². The molecule has 1 aromatic rings. The Labute approximate surface area is 237 Å². The first kappa shape index (κ1) is 32.6. The number of allylic oxidation sites excluding steroid dienone is 4. The number of carbonyl (C=O) groups is 2. The van der Waals surface area contributed by atoms with Crippen molar-refractivity contribution in [1.29, 1.82) is 0 Å². The smallest absolute Gasteiger partial charge is 0.309 e. The Morgan fingerprint density at radius 1 is 0.897 bits per heavy atom. The van der Waals surface area contributed by atoms with E-state index in [1.165, 1.54) is 38.5 Å². The minimum Gasteiger partial charge on any atom is -0.465 e. The average Bonchev–Trinajstić information content (AvgIpc) is 2.97. The molecule has 0 aromatic carbocycles. The minimum atomic E-state index is -0.151. The van der Waals surface area contributed by atoms with Crippen molar-refractivity contribution < 1.29 is 19.1 Å². The van der Waals surface area contributed by atoms with Gasteiger partial charge in [-0.3, -0.25) is 14.6 Å². The number of ether oxygens (including phenoxy) is 2. The second-order valence-corrected chi connectivity index (χ2v) is 10.9. The summed E-state index contributed by atoms with van der Waals surface area (Å²) in [5.74, 6) is -0.342. The van der Waals surface area contributed by atoms with Gasteiger partial charge >= 0.3 is 11.9 Å². The number of pyridine rings is 1. The maximum Gasteiger partial charge on any atom is 0.309 e. The van der Waals surface area contributed by atoms with E-state index >= 15 is 0 Å². The van der Waals surface area contributed by atoms with Crippen LogP contribution in [0, 0.1) is 11.8 Å². The van der Waals surface area contributed by atoms with Crippen LogP contribution in [0.3, 0.4) is 0 Å². The van der Waals surface area contributed by atoms with E-state index in [0.29, 0.717) is 19.6 Å². The van der Waals surface area contributed by atoms with Crippen LogP contribution in [-0.2, 0) is 19.1 Å². The van der Waals surface area contributed by atoms with Crippen LogP contribution >= 0.6 is 0 Å². The molecular weight excluding hydrogens is 488 g/mol. The molecule has 0 N–H and O–H groups in total. The molecule has 1 aliphatic rings. The monoisotopic (exact) mass is 540 g/mol. The van der Waals surface area contributed by atoms with Gasteiger partial charge in [-0.1, -0.05) is 70.3 Å². The van der Waals surface area contributed by atoms with Crippen molar-refractivity contribution in [2.75, 3.05) is 31.2 Å². The fourth-order valence-electron chi connectivity index (χ4n) is 4.71. The van der Waals surface area contributed by atoms with E-state index in [-0.39, 0.29) is 23.8 Å². The summed E-state index contributed by atoms with van der Waals surface area (Å²) in [5.41, 5.74) is 1.15. The van der Waals surface area contributed by atoms with Gasteiger partial charge in [0, 0.05) is 43.5 Å². The van der Waals surface area contributed by atoms with Gasteiger partial charge in [0.1, 0.15) is 0 Å². The zero-order valence-corrected chi connectivity index (χ0v) is 24.5. The fourth-order valence-corrected chi connectivity index (χ4v) is 4.71. The summed E-state index contributed by atoms with van der Waals surface area (Å²) in [6.07, 6.45) is 27.6. The maximum absolute atomic E-state index is 12.5. The first-order chi connectivity index (χ1) is 19.1. The predicted molar refractivity (Wildman–Crippen MR) is 160 cm³/mol. The molecule has 0 amide bonds. The molecule has 6 nitrogen and oxygen atoms in total. The Bertz CT molecular complexity index is 831. The standard InChI is InChI=1S/C33H52N2O4/c1-3-4-5-6-7-8-9-10-11-12-13-14-15-16-17-18-32(36)38-27-29(2)28-39-33(37)30-21-25-35(26-22-30)31-19-23-34-24-20-31/h7-8,10-11,19-20,23-24,29-30H,3-6,9,12-18,21-22,25-28H2,1-2H3/b8-7-,11-10-. The Kier molecular flexibility index (Phi) is 17.7. The Balaban J connectivity index is 1.40. The maximum atomic E-state index is 12.5. The molecule has 2 rings (SSSR count). The number of carbonyl (C=O) groups excluding carboxylic acids is 2. The largest absolute Gasteiger partial charge is 0.465 e. The van der Waals surface area contributed by atoms with E-state index in [1.807, 2.05) is 19.1 Å². The van der Waals surface area contributed by atoms with Crippen LogP contribution in [0.15, 0.2) is 48.8 Å². The van der Waals surface area contributed by atoms with E-state index in [1.54, 1.807) is 12.4 Å². The van der Waals surface area contributed by atoms with Crippen molar-refractivity contribution in [3.63, 3.8) is 0 Å². The zero-order chi connectivity index (χ0) is 28.0. The van der Waals surface area contributed by atoms with Gasteiger partial charge < -0.3 is 14.4 Å². The van der Waals surface area contributed by atoms with Gasteiger partial charge in [-0.15, -0.1) is 0 Å². The van der Waals surface area contributed by atoms with E-state index < -0.39 is 0 Å². The van der Waals surface area contributed by atoms with Crippen molar-refractivity contribution in [3.8, 4) is 0 Å². The number of hydrogen-bond donors (Lipinski definition) is 0. The van der Waals surface area contributed by atoms with Crippen molar-refractivity contribution in [2.45, 2.75) is 104 Å². The molecule has 39 heavy (non-hydrogen) atoms. The molecule has 1 fully saturated rings. The number of hydrogen-bond acceptors (Lipinski definition) is 6. The van der Waals surface area contributed by atoms with Crippen molar-refractivity contribution in [3.05, 3.63) is 48.8 Å². The Morgan fingerprint density at radius 3 is 2.21 bits per heavy atom. The van der Waals surface area contributed by atoms with Crippen molar-refractivity contribution >= 4 is 17.6 Å². The normalized spacial score (nSPS) is 15.2. The highest BCUT2D eigenvalue weighted by Crippen LogP contribution is 2.23. The second kappa shape index (κ2) is 21.2. The third-order valence-corrected chi connectivity index (χ3v) is 7.23. The van der Waals surface area contributed by atoms with Gasteiger partial charge in [0.2, 0.25) is 0 Å². The second-order valence-electron chi connectivity index (χ2n) is 10.9. The number of piperidine rings is 1. The molecule has 218 valence electrons. The van der Waals surface area contributed by atoms with Crippen LogP contribution in [0.4, 0.5) is 5.69 Å². The minimum absolute atomic E-state index is 0.000545. The van der Waals surface area contributed by atoms with Crippen LogP contribution in [-0.4, -0.2) is 43.2 Å². The molecule has 0 bridgehead atoms. The number of rotatable bonds is 20. The molecule has 1 atom stereocenters. The number of unbranched alkanes of at least 4 members (excludes halogenated alkanes) is 8. The highest BCUT2D eigenvalue weighted by molar-refractivity contribution is 5.73. The highest BCUT2D eigenvalue weighted by atomic mass is 16.5. The van der Waals surface area contributed by atoms with E-state index in [0.717, 1.165) is 63.7 Å². The highest BCUT2D eigenvalue weighted by Gasteiger charge is 2.26. The molecule has 0 aliphatic carbocycles. The molecule has 0 saturated carbocycles. The van der Waals surface area contributed by atoms with Crippen molar-refractivity contribution in [2.24, 2.45) is 11.8 Å². The molecule has 1 saturated heterocycles. The lowest BCUT2D eigenvalue weighted by atomic mass is 9.96. The molecule has 1 unspecified atom stereocenters. The SMILES string of the molecule is CCCCC/C=C\C/C=C\CCCCCCCC(=O)OCC(C)COC(=O)C1CCN(c2ccncc2)CC1. The van der Waals surface area contributed by atoms with Gasteiger partial charge in [0.25, 0.3) is 0 Å². The molecule has 2 heterocycles. The Hall–Kier alpha value is -2.63. The number of aromatic nitrogens is 1. The third kappa shape index (κ3) is 15.5.